The number of hydrogen-bond donors (Lipinski definition) is 4. The van der Waals surface area contributed by atoms with Crippen molar-refractivity contribution in [1.29, 1.82) is 0 Å². The number of nitrogens with two attached hydrogens (primary N) is 1. The van der Waals surface area contributed by atoms with Gasteiger partial charge >= 0.3 is 18.0 Å². The zero-order valence-corrected chi connectivity index (χ0v) is 10.4. The molecule has 14 heavy (non-hydrogen) atoms. The average molecular weight is 256 g/mol. The van der Waals surface area contributed by atoms with Gasteiger partial charge in [0.15, 0.2) is 0 Å². The van der Waals surface area contributed by atoms with Crippen LogP contribution in [0.1, 0.15) is 12.8 Å². The van der Waals surface area contributed by atoms with E-state index < -0.39 is 24.0 Å². The molecule has 1 atom stereocenters. The maximum Gasteiger partial charge on any atom is 0.326 e. The summed E-state index contributed by atoms with van der Waals surface area (Å²) in [7, 11) is 0. The van der Waals surface area contributed by atoms with E-state index in [2.05, 4.69) is 5.73 Å². The quantitative estimate of drug-likeness (QED) is 0.467. The topological polar surface area (TPSA) is 130 Å². The van der Waals surface area contributed by atoms with Crippen molar-refractivity contribution in [2.45, 2.75) is 18.9 Å². The second-order valence-corrected chi connectivity index (χ2v) is 2.33. The fraction of sp³-hybridized carbons (Fsp3) is 0.500. The number of urea groups is 1. The molecule has 0 saturated heterocycles. The molecule has 0 unspecified atom stereocenters. The number of aliphatic carboxylic acids is 2. The van der Waals surface area contributed by atoms with Gasteiger partial charge in [-0.1, -0.05) is 0 Å². The molecular formula is C6H10N2O5Zn. The third-order valence-corrected chi connectivity index (χ3v) is 1.26. The molecule has 0 aliphatic rings. The van der Waals surface area contributed by atoms with Gasteiger partial charge in [-0.15, -0.1) is 0 Å². The molecule has 0 aromatic carbocycles. The summed E-state index contributed by atoms with van der Waals surface area (Å²) >= 11 is 0. The number of nitrogens with one attached hydrogen (secondary N) is 1. The Hall–Kier alpha value is -1.17. The van der Waals surface area contributed by atoms with Crippen molar-refractivity contribution >= 4 is 18.0 Å². The number of carboxylic acids is 2. The Bertz CT molecular complexity index is 232. The molecule has 0 aliphatic heterocycles. The Kier molecular flexibility index (Phi) is 7.94. The summed E-state index contributed by atoms with van der Waals surface area (Å²) in [5, 5.41) is 18.6. The predicted molar refractivity (Wildman–Crippen MR) is 41.0 cm³/mol. The number of primary amides is 1. The molecule has 8 heteroatoms. The monoisotopic (exact) mass is 254 g/mol. The first kappa shape index (κ1) is 15.3. The molecule has 0 radical (unpaired) electrons. The van der Waals surface area contributed by atoms with Crippen molar-refractivity contribution in [2.75, 3.05) is 0 Å². The molecule has 7 nitrogen and oxygen atoms in total. The molecule has 5 N–H and O–H groups in total. The number of amides is 2. The number of carboxylic acid groups (broad SMARTS) is 2. The molecule has 0 bridgehead atoms. The molecule has 0 rings (SSSR count). The van der Waals surface area contributed by atoms with E-state index >= 15 is 0 Å². The van der Waals surface area contributed by atoms with Crippen LogP contribution in [-0.2, 0) is 29.1 Å². The van der Waals surface area contributed by atoms with Crippen molar-refractivity contribution in [1.82, 2.24) is 5.32 Å². The summed E-state index contributed by atoms with van der Waals surface area (Å²) in [6, 6.07) is -2.23. The van der Waals surface area contributed by atoms with Crippen molar-refractivity contribution in [2.24, 2.45) is 5.73 Å². The minimum atomic E-state index is -1.31. The van der Waals surface area contributed by atoms with Crippen LogP contribution in [0.15, 0.2) is 0 Å². The molecule has 0 aliphatic carbocycles. The van der Waals surface area contributed by atoms with Gasteiger partial charge in [0.25, 0.3) is 0 Å². The van der Waals surface area contributed by atoms with Gasteiger partial charge in [0.1, 0.15) is 6.04 Å². The van der Waals surface area contributed by atoms with Crippen LogP contribution in [0, 0.1) is 0 Å². The second-order valence-electron chi connectivity index (χ2n) is 2.33. The van der Waals surface area contributed by atoms with Crippen LogP contribution in [0.3, 0.4) is 0 Å². The van der Waals surface area contributed by atoms with E-state index in [9.17, 15) is 14.4 Å². The van der Waals surface area contributed by atoms with Crippen molar-refractivity contribution in [3.8, 4) is 0 Å². The Labute approximate surface area is 92.4 Å². The second kappa shape index (κ2) is 7.26. The Morgan fingerprint density at radius 3 is 2.07 bits per heavy atom. The predicted octanol–water partition coefficient (Wildman–Crippen LogP) is -1.03. The van der Waals surface area contributed by atoms with Gasteiger partial charge < -0.3 is 21.3 Å². The molecule has 0 saturated carbocycles. The summed E-state index contributed by atoms with van der Waals surface area (Å²) in [6.07, 6.45) is -0.523. The molecule has 0 aromatic rings. The van der Waals surface area contributed by atoms with Crippen LogP contribution < -0.4 is 11.1 Å². The third-order valence-electron chi connectivity index (χ3n) is 1.26. The summed E-state index contributed by atoms with van der Waals surface area (Å²) < 4.78 is 0. The average Bonchev–Trinajstić information content (AvgIpc) is 1.96. The molecule has 0 spiro atoms. The normalized spacial score (nSPS) is 10.9. The Morgan fingerprint density at radius 2 is 1.79 bits per heavy atom. The van der Waals surface area contributed by atoms with E-state index in [1.807, 2.05) is 5.32 Å². The Morgan fingerprint density at radius 1 is 1.29 bits per heavy atom. The summed E-state index contributed by atoms with van der Waals surface area (Å²) in [5.41, 5.74) is 4.68. The SMILES string of the molecule is NC(=O)N[C@@H](CCC(=O)O)C(=O)O.[Zn]. The van der Waals surface area contributed by atoms with Crippen molar-refractivity contribution in [3.63, 3.8) is 0 Å². The largest absolute Gasteiger partial charge is 0.481 e. The van der Waals surface area contributed by atoms with Gasteiger partial charge in [0.05, 0.1) is 0 Å². The Balaban J connectivity index is 0. The van der Waals surface area contributed by atoms with Crippen LogP contribution >= 0.6 is 0 Å². The molecule has 0 fully saturated rings. The smallest absolute Gasteiger partial charge is 0.326 e. The summed E-state index contributed by atoms with van der Waals surface area (Å²) in [4.78, 5) is 30.7. The summed E-state index contributed by atoms with van der Waals surface area (Å²) in [6.45, 7) is 0. The van der Waals surface area contributed by atoms with Gasteiger partial charge in [-0.3, -0.25) is 4.79 Å². The first-order chi connectivity index (χ1) is 5.93. The summed E-state index contributed by atoms with van der Waals surface area (Å²) in [5.74, 6) is -2.43. The van der Waals surface area contributed by atoms with E-state index in [1.165, 1.54) is 0 Å². The zero-order valence-electron chi connectivity index (χ0n) is 7.40. The van der Waals surface area contributed by atoms with Crippen LogP contribution in [0.2, 0.25) is 0 Å². The molecule has 0 aromatic heterocycles. The van der Waals surface area contributed by atoms with Crippen molar-refractivity contribution < 1.29 is 44.1 Å². The molecule has 2 amide bonds. The van der Waals surface area contributed by atoms with Crippen LogP contribution in [0.5, 0.6) is 0 Å². The van der Waals surface area contributed by atoms with Crippen LogP contribution in [0.25, 0.3) is 0 Å². The van der Waals surface area contributed by atoms with E-state index in [4.69, 9.17) is 10.2 Å². The van der Waals surface area contributed by atoms with Gasteiger partial charge in [-0.25, -0.2) is 9.59 Å². The first-order valence-corrected chi connectivity index (χ1v) is 3.44. The maximum atomic E-state index is 10.4. The number of carbonyl (C=O) groups is 3. The molecule has 76 valence electrons. The van der Waals surface area contributed by atoms with Gasteiger partial charge in [-0.2, -0.15) is 0 Å². The van der Waals surface area contributed by atoms with E-state index in [-0.39, 0.29) is 32.3 Å². The standard InChI is InChI=1S/C6H10N2O5.Zn/c7-6(13)8-3(5(11)12)1-2-4(9)10;/h3H,1-2H2,(H,9,10)(H,11,12)(H3,7,8,13);/t3-;/m0./s1. The minimum Gasteiger partial charge on any atom is -0.481 e. The minimum absolute atomic E-state index is 0. The number of rotatable bonds is 5. The van der Waals surface area contributed by atoms with Crippen molar-refractivity contribution in [3.05, 3.63) is 0 Å². The maximum absolute atomic E-state index is 10.4. The number of carbonyl (C=O) groups excluding carboxylic acids is 1. The van der Waals surface area contributed by atoms with Crippen LogP contribution in [0.4, 0.5) is 4.79 Å². The van der Waals surface area contributed by atoms with E-state index in [0.717, 1.165) is 0 Å². The zero-order chi connectivity index (χ0) is 10.4. The van der Waals surface area contributed by atoms with Gasteiger partial charge in [0, 0.05) is 25.9 Å². The van der Waals surface area contributed by atoms with Gasteiger partial charge in [-0.05, 0) is 6.42 Å². The molecule has 0 heterocycles. The van der Waals surface area contributed by atoms with Crippen LogP contribution in [-0.4, -0.2) is 34.2 Å². The van der Waals surface area contributed by atoms with E-state index in [0.29, 0.717) is 0 Å². The van der Waals surface area contributed by atoms with Gasteiger partial charge in [0.2, 0.25) is 0 Å². The fourth-order valence-electron chi connectivity index (χ4n) is 0.697. The number of hydrogen-bond acceptors (Lipinski definition) is 3. The van der Waals surface area contributed by atoms with E-state index in [1.54, 1.807) is 0 Å². The third kappa shape index (κ3) is 7.48. The fourth-order valence-corrected chi connectivity index (χ4v) is 0.697. The first-order valence-electron chi connectivity index (χ1n) is 3.44. The molecular weight excluding hydrogens is 245 g/mol.